The van der Waals surface area contributed by atoms with E-state index in [1.165, 1.54) is 12.1 Å². The fourth-order valence-corrected chi connectivity index (χ4v) is 4.14. The van der Waals surface area contributed by atoms with E-state index in [2.05, 4.69) is 19.9 Å². The fraction of sp³-hybridized carbons (Fsp3) is 0.208. The SMILES string of the molecule is COc1ccc(-c2nn3ccnc(N4CCN(c5ccc(F)cc5)CC4)c3c2C=O)cc1. The molecule has 1 saturated heterocycles. The molecule has 1 aliphatic heterocycles. The summed E-state index contributed by atoms with van der Waals surface area (Å²) in [5, 5.41) is 4.67. The number of carbonyl (C=O) groups excluding carboxylic acids is 1. The van der Waals surface area contributed by atoms with Crippen LogP contribution in [-0.2, 0) is 0 Å². The molecule has 4 aromatic rings. The third-order valence-corrected chi connectivity index (χ3v) is 5.82. The molecule has 0 radical (unpaired) electrons. The summed E-state index contributed by atoms with van der Waals surface area (Å²) in [5.41, 5.74) is 3.66. The maximum Gasteiger partial charge on any atom is 0.155 e. The molecular weight excluding hydrogens is 409 g/mol. The Morgan fingerprint density at radius 1 is 0.969 bits per heavy atom. The number of hydrogen-bond donors (Lipinski definition) is 0. The molecule has 0 saturated carbocycles. The van der Waals surface area contributed by atoms with Gasteiger partial charge in [-0.25, -0.2) is 13.9 Å². The molecule has 0 atom stereocenters. The van der Waals surface area contributed by atoms with Crippen molar-refractivity contribution in [1.82, 2.24) is 14.6 Å². The van der Waals surface area contributed by atoms with Crippen LogP contribution < -0.4 is 14.5 Å². The number of hydrogen-bond acceptors (Lipinski definition) is 6. The minimum atomic E-state index is -0.238. The Bertz CT molecular complexity index is 1250. The van der Waals surface area contributed by atoms with Crippen LogP contribution in [0.1, 0.15) is 10.4 Å². The molecule has 5 rings (SSSR count). The molecule has 0 unspecified atom stereocenters. The monoisotopic (exact) mass is 431 g/mol. The van der Waals surface area contributed by atoms with E-state index in [-0.39, 0.29) is 5.82 Å². The number of piperazine rings is 1. The van der Waals surface area contributed by atoms with Crippen LogP contribution in [0.2, 0.25) is 0 Å². The second-order valence-corrected chi connectivity index (χ2v) is 7.60. The van der Waals surface area contributed by atoms with Gasteiger partial charge in [-0.15, -0.1) is 0 Å². The van der Waals surface area contributed by atoms with Crippen LogP contribution in [0.25, 0.3) is 16.8 Å². The number of carbonyl (C=O) groups is 1. The maximum atomic E-state index is 13.2. The molecule has 162 valence electrons. The van der Waals surface area contributed by atoms with Gasteiger partial charge in [-0.05, 0) is 48.5 Å². The van der Waals surface area contributed by atoms with Gasteiger partial charge in [-0.2, -0.15) is 5.10 Å². The maximum absolute atomic E-state index is 13.2. The minimum absolute atomic E-state index is 0.238. The van der Waals surface area contributed by atoms with Crippen molar-refractivity contribution in [2.45, 2.75) is 0 Å². The first-order valence-electron chi connectivity index (χ1n) is 10.4. The highest BCUT2D eigenvalue weighted by Gasteiger charge is 2.24. The molecule has 0 amide bonds. The normalized spacial score (nSPS) is 14.1. The van der Waals surface area contributed by atoms with Crippen molar-refractivity contribution in [3.63, 3.8) is 0 Å². The van der Waals surface area contributed by atoms with Gasteiger partial charge in [0.2, 0.25) is 0 Å². The quantitative estimate of drug-likeness (QED) is 0.449. The molecule has 2 aromatic heterocycles. The Morgan fingerprint density at radius 3 is 2.31 bits per heavy atom. The minimum Gasteiger partial charge on any atom is -0.497 e. The van der Waals surface area contributed by atoms with E-state index in [4.69, 9.17) is 4.74 Å². The molecule has 1 fully saturated rings. The first-order chi connectivity index (χ1) is 15.7. The second kappa shape index (κ2) is 8.30. The largest absolute Gasteiger partial charge is 0.497 e. The summed E-state index contributed by atoms with van der Waals surface area (Å²) in [7, 11) is 1.62. The van der Waals surface area contributed by atoms with Gasteiger partial charge in [-0.1, -0.05) is 0 Å². The van der Waals surface area contributed by atoms with E-state index in [0.717, 1.165) is 55.3 Å². The number of halogens is 1. The Balaban J connectivity index is 1.46. The third kappa shape index (κ3) is 3.53. The summed E-state index contributed by atoms with van der Waals surface area (Å²) in [6.07, 6.45) is 4.31. The number of nitrogens with zero attached hydrogens (tertiary/aromatic N) is 5. The van der Waals surface area contributed by atoms with Gasteiger partial charge in [0.05, 0.1) is 12.7 Å². The molecule has 3 heterocycles. The van der Waals surface area contributed by atoms with E-state index >= 15 is 0 Å². The first kappa shape index (κ1) is 20.0. The number of aldehydes is 1. The Kier molecular flexibility index (Phi) is 5.18. The predicted molar refractivity (Wildman–Crippen MR) is 121 cm³/mol. The molecule has 0 N–H and O–H groups in total. The lowest BCUT2D eigenvalue weighted by Gasteiger charge is -2.36. The van der Waals surface area contributed by atoms with Crippen molar-refractivity contribution in [3.05, 3.63) is 72.3 Å². The zero-order chi connectivity index (χ0) is 22.1. The average molecular weight is 431 g/mol. The molecule has 2 aromatic carbocycles. The summed E-state index contributed by atoms with van der Waals surface area (Å²) < 4.78 is 20.2. The van der Waals surface area contributed by atoms with Gasteiger partial charge in [0.1, 0.15) is 22.8 Å². The number of methoxy groups -OCH3 is 1. The molecule has 0 bridgehead atoms. The standard InChI is InChI=1S/C24H22FN5O2/c1-32-20-8-2-17(3-9-20)22-21(16-31)23-24(26-10-11-30(23)27-22)29-14-12-28(13-15-29)19-6-4-18(25)5-7-19/h2-11,16H,12-15H2,1H3. The van der Waals surface area contributed by atoms with Gasteiger partial charge in [0.15, 0.2) is 12.1 Å². The highest BCUT2D eigenvalue weighted by Crippen LogP contribution is 2.31. The van der Waals surface area contributed by atoms with Gasteiger partial charge in [0, 0.05) is 49.8 Å². The summed E-state index contributed by atoms with van der Waals surface area (Å²) in [4.78, 5) is 21.1. The summed E-state index contributed by atoms with van der Waals surface area (Å²) in [6.45, 7) is 2.99. The molecular formula is C24H22FN5O2. The number of anilines is 2. The van der Waals surface area contributed by atoms with Crippen LogP contribution in [0.4, 0.5) is 15.9 Å². The number of benzene rings is 2. The topological polar surface area (TPSA) is 63.0 Å². The summed E-state index contributed by atoms with van der Waals surface area (Å²) in [5.74, 6) is 1.24. The molecule has 8 heteroatoms. The lowest BCUT2D eigenvalue weighted by atomic mass is 10.1. The van der Waals surface area contributed by atoms with Crippen LogP contribution in [0.5, 0.6) is 5.75 Å². The van der Waals surface area contributed by atoms with Crippen molar-refractivity contribution < 1.29 is 13.9 Å². The van der Waals surface area contributed by atoms with Crippen molar-refractivity contribution in [2.24, 2.45) is 0 Å². The Morgan fingerprint density at radius 2 is 1.66 bits per heavy atom. The third-order valence-electron chi connectivity index (χ3n) is 5.82. The smallest absolute Gasteiger partial charge is 0.155 e. The van der Waals surface area contributed by atoms with Gasteiger partial charge in [-0.3, -0.25) is 4.79 Å². The molecule has 32 heavy (non-hydrogen) atoms. The Hall–Kier alpha value is -3.94. The average Bonchev–Trinajstić information content (AvgIpc) is 3.23. The lowest BCUT2D eigenvalue weighted by molar-refractivity contribution is 0.112. The lowest BCUT2D eigenvalue weighted by Crippen LogP contribution is -2.47. The van der Waals surface area contributed by atoms with Crippen LogP contribution in [0.3, 0.4) is 0 Å². The highest BCUT2D eigenvalue weighted by molar-refractivity contribution is 5.98. The molecule has 7 nitrogen and oxygen atoms in total. The number of ether oxygens (including phenoxy) is 1. The first-order valence-corrected chi connectivity index (χ1v) is 10.4. The van der Waals surface area contributed by atoms with Crippen LogP contribution >= 0.6 is 0 Å². The van der Waals surface area contributed by atoms with Crippen molar-refractivity contribution in [3.8, 4) is 17.0 Å². The fourth-order valence-electron chi connectivity index (χ4n) is 4.14. The molecule has 1 aliphatic rings. The van der Waals surface area contributed by atoms with Crippen molar-refractivity contribution in [2.75, 3.05) is 43.1 Å². The van der Waals surface area contributed by atoms with E-state index in [1.54, 1.807) is 36.2 Å². The van der Waals surface area contributed by atoms with Crippen molar-refractivity contribution in [1.29, 1.82) is 0 Å². The Labute approximate surface area is 184 Å². The zero-order valence-corrected chi connectivity index (χ0v) is 17.6. The van der Waals surface area contributed by atoms with Gasteiger partial charge in [0.25, 0.3) is 0 Å². The number of fused-ring (bicyclic) bond motifs is 1. The summed E-state index contributed by atoms with van der Waals surface area (Å²) in [6, 6.07) is 14.0. The van der Waals surface area contributed by atoms with Crippen LogP contribution in [-0.4, -0.2) is 54.2 Å². The van der Waals surface area contributed by atoms with Crippen LogP contribution in [0, 0.1) is 5.82 Å². The van der Waals surface area contributed by atoms with Gasteiger partial charge < -0.3 is 14.5 Å². The second-order valence-electron chi connectivity index (χ2n) is 7.60. The summed E-state index contributed by atoms with van der Waals surface area (Å²) >= 11 is 0. The van der Waals surface area contributed by atoms with E-state index in [0.29, 0.717) is 16.8 Å². The molecule has 0 aliphatic carbocycles. The van der Waals surface area contributed by atoms with Crippen molar-refractivity contribution >= 4 is 23.3 Å². The van der Waals surface area contributed by atoms with Crippen LogP contribution in [0.15, 0.2) is 60.9 Å². The predicted octanol–water partition coefficient (Wildman–Crippen LogP) is 3.68. The number of rotatable bonds is 5. The van der Waals surface area contributed by atoms with E-state index < -0.39 is 0 Å². The number of aromatic nitrogens is 3. The molecule has 0 spiro atoms. The highest BCUT2D eigenvalue weighted by atomic mass is 19.1. The zero-order valence-electron chi connectivity index (χ0n) is 17.6. The van der Waals surface area contributed by atoms with Gasteiger partial charge >= 0.3 is 0 Å². The van der Waals surface area contributed by atoms with E-state index in [9.17, 15) is 9.18 Å². The van der Waals surface area contributed by atoms with E-state index in [1.807, 2.05) is 24.3 Å².